The van der Waals surface area contributed by atoms with Gasteiger partial charge in [0.05, 0.1) is 0 Å². The number of unbranched alkanes of at least 4 members (excludes halogenated alkanes) is 1. The highest BCUT2D eigenvalue weighted by Gasteiger charge is 2.09. The van der Waals surface area contributed by atoms with Gasteiger partial charge >= 0.3 is 0 Å². The molecule has 0 bridgehead atoms. The molecule has 0 aromatic heterocycles. The van der Waals surface area contributed by atoms with E-state index < -0.39 is 0 Å². The number of carbonyl (C=O) groups is 2. The van der Waals surface area contributed by atoms with Crippen molar-refractivity contribution in [3.8, 4) is 0 Å². The molecule has 0 saturated heterocycles. The van der Waals surface area contributed by atoms with Crippen molar-refractivity contribution in [3.63, 3.8) is 0 Å². The number of rotatable bonds is 6. The van der Waals surface area contributed by atoms with E-state index in [9.17, 15) is 9.59 Å². The van der Waals surface area contributed by atoms with Crippen LogP contribution in [0.1, 0.15) is 40.5 Å². The Morgan fingerprint density at radius 2 is 1.74 bits per heavy atom. The number of anilines is 1. The van der Waals surface area contributed by atoms with E-state index in [-0.39, 0.29) is 11.8 Å². The molecule has 0 saturated carbocycles. The summed E-state index contributed by atoms with van der Waals surface area (Å²) in [5, 5.41) is 6.21. The molecule has 2 amide bonds. The van der Waals surface area contributed by atoms with Gasteiger partial charge in [0.1, 0.15) is 0 Å². The summed E-state index contributed by atoms with van der Waals surface area (Å²) in [5.74, 6) is -0.383. The largest absolute Gasteiger partial charge is 0.352 e. The summed E-state index contributed by atoms with van der Waals surface area (Å²) in [4.78, 5) is 24.2. The first-order valence-corrected chi connectivity index (χ1v) is 7.93. The van der Waals surface area contributed by atoms with Gasteiger partial charge in [0, 0.05) is 28.4 Å². The predicted molar refractivity (Wildman–Crippen MR) is 93.1 cm³/mol. The lowest BCUT2D eigenvalue weighted by Gasteiger charge is -2.08. The van der Waals surface area contributed by atoms with Crippen LogP contribution in [-0.4, -0.2) is 18.4 Å². The number of carbonyl (C=O) groups excluding carboxylic acids is 2. The van der Waals surface area contributed by atoms with Gasteiger partial charge in [0.25, 0.3) is 11.8 Å². The van der Waals surface area contributed by atoms with Crippen LogP contribution in [0.25, 0.3) is 0 Å². The number of hydrogen-bond donors (Lipinski definition) is 2. The minimum Gasteiger partial charge on any atom is -0.352 e. The van der Waals surface area contributed by atoms with Crippen molar-refractivity contribution in [1.29, 1.82) is 0 Å². The molecule has 4 nitrogen and oxygen atoms in total. The van der Waals surface area contributed by atoms with Crippen LogP contribution in [0.2, 0.25) is 5.02 Å². The van der Waals surface area contributed by atoms with Crippen molar-refractivity contribution in [2.75, 3.05) is 11.9 Å². The molecule has 23 heavy (non-hydrogen) atoms. The molecule has 0 aliphatic carbocycles. The third kappa shape index (κ3) is 5.11. The molecule has 120 valence electrons. The van der Waals surface area contributed by atoms with Crippen molar-refractivity contribution >= 4 is 29.1 Å². The zero-order valence-electron chi connectivity index (χ0n) is 12.9. The minimum atomic E-state index is -0.245. The maximum atomic E-state index is 12.2. The molecule has 2 aromatic carbocycles. The normalized spacial score (nSPS) is 10.2. The summed E-state index contributed by atoms with van der Waals surface area (Å²) >= 11 is 5.81. The highest BCUT2D eigenvalue weighted by atomic mass is 35.5. The molecule has 2 N–H and O–H groups in total. The lowest BCUT2D eigenvalue weighted by molar-refractivity contribution is 0.0951. The van der Waals surface area contributed by atoms with Crippen LogP contribution >= 0.6 is 11.6 Å². The Kier molecular flexibility index (Phi) is 6.18. The SMILES string of the molecule is CCCCNC(=O)c1cccc(NC(=O)c2ccc(Cl)cc2)c1. The molecule has 0 atom stereocenters. The Morgan fingerprint density at radius 3 is 2.43 bits per heavy atom. The number of hydrogen-bond acceptors (Lipinski definition) is 2. The van der Waals surface area contributed by atoms with E-state index in [0.717, 1.165) is 12.8 Å². The topological polar surface area (TPSA) is 58.2 Å². The molecule has 0 heterocycles. The average molecular weight is 331 g/mol. The highest BCUT2D eigenvalue weighted by molar-refractivity contribution is 6.30. The number of benzene rings is 2. The first kappa shape index (κ1) is 17.0. The lowest BCUT2D eigenvalue weighted by Crippen LogP contribution is -2.24. The maximum absolute atomic E-state index is 12.2. The zero-order valence-corrected chi connectivity index (χ0v) is 13.7. The zero-order chi connectivity index (χ0) is 16.7. The first-order chi connectivity index (χ1) is 11.1. The molecule has 0 fully saturated rings. The van der Waals surface area contributed by atoms with E-state index in [1.807, 2.05) is 0 Å². The Morgan fingerprint density at radius 1 is 1.00 bits per heavy atom. The van der Waals surface area contributed by atoms with Crippen LogP contribution in [0.5, 0.6) is 0 Å². The fourth-order valence-corrected chi connectivity index (χ4v) is 2.15. The Balaban J connectivity index is 2.03. The summed E-state index contributed by atoms with van der Waals surface area (Å²) in [6.45, 7) is 2.72. The smallest absolute Gasteiger partial charge is 0.255 e. The Hall–Kier alpha value is -2.33. The van der Waals surface area contributed by atoms with Crippen LogP contribution in [0.15, 0.2) is 48.5 Å². The third-order valence-electron chi connectivity index (χ3n) is 3.30. The third-order valence-corrected chi connectivity index (χ3v) is 3.56. The maximum Gasteiger partial charge on any atom is 0.255 e. The molecule has 0 aliphatic rings. The quantitative estimate of drug-likeness (QED) is 0.783. The molecule has 2 rings (SSSR count). The van der Waals surface area contributed by atoms with Gasteiger partial charge in [-0.1, -0.05) is 31.0 Å². The van der Waals surface area contributed by atoms with Crippen molar-refractivity contribution < 1.29 is 9.59 Å². The standard InChI is InChI=1S/C18H19ClN2O2/c1-2-3-11-20-17(22)14-5-4-6-16(12-14)21-18(23)13-7-9-15(19)10-8-13/h4-10,12H,2-3,11H2,1H3,(H,20,22)(H,21,23). The molecular formula is C18H19ClN2O2. The van der Waals surface area contributed by atoms with Gasteiger partial charge in [0.2, 0.25) is 0 Å². The molecule has 0 radical (unpaired) electrons. The molecule has 0 spiro atoms. The summed E-state index contributed by atoms with van der Waals surface area (Å²) in [5.41, 5.74) is 1.61. The van der Waals surface area contributed by atoms with Crippen LogP contribution in [0.4, 0.5) is 5.69 Å². The number of nitrogens with one attached hydrogen (secondary N) is 2. The van der Waals surface area contributed by atoms with Crippen molar-refractivity contribution in [1.82, 2.24) is 5.32 Å². The van der Waals surface area contributed by atoms with Crippen molar-refractivity contribution in [3.05, 3.63) is 64.7 Å². The second-order valence-electron chi connectivity index (χ2n) is 5.15. The van der Waals surface area contributed by atoms with Gasteiger partial charge in [-0.2, -0.15) is 0 Å². The molecule has 2 aromatic rings. The second-order valence-corrected chi connectivity index (χ2v) is 5.59. The van der Waals surface area contributed by atoms with Crippen molar-refractivity contribution in [2.45, 2.75) is 19.8 Å². The Labute approximate surface area is 140 Å². The molecule has 5 heteroatoms. The van der Waals surface area contributed by atoms with E-state index in [4.69, 9.17) is 11.6 Å². The van der Waals surface area contributed by atoms with Crippen LogP contribution in [-0.2, 0) is 0 Å². The van der Waals surface area contributed by atoms with Gasteiger partial charge in [-0.3, -0.25) is 9.59 Å². The highest BCUT2D eigenvalue weighted by Crippen LogP contribution is 2.14. The van der Waals surface area contributed by atoms with E-state index in [1.165, 1.54) is 0 Å². The number of amides is 2. The van der Waals surface area contributed by atoms with Crippen LogP contribution in [0.3, 0.4) is 0 Å². The lowest BCUT2D eigenvalue weighted by atomic mass is 10.1. The monoisotopic (exact) mass is 330 g/mol. The van der Waals surface area contributed by atoms with Gasteiger partial charge in [-0.15, -0.1) is 0 Å². The van der Waals surface area contributed by atoms with Crippen molar-refractivity contribution in [2.24, 2.45) is 0 Å². The molecule has 0 aliphatic heterocycles. The van der Waals surface area contributed by atoms with E-state index in [2.05, 4.69) is 17.6 Å². The molecular weight excluding hydrogens is 312 g/mol. The minimum absolute atomic E-state index is 0.138. The summed E-state index contributed by atoms with van der Waals surface area (Å²) in [6.07, 6.45) is 1.97. The van der Waals surface area contributed by atoms with E-state index >= 15 is 0 Å². The van der Waals surface area contributed by atoms with E-state index in [0.29, 0.717) is 28.4 Å². The second kappa shape index (κ2) is 8.34. The summed E-state index contributed by atoms with van der Waals surface area (Å²) in [7, 11) is 0. The summed E-state index contributed by atoms with van der Waals surface area (Å²) in [6, 6.07) is 13.5. The van der Waals surface area contributed by atoms with Gasteiger partial charge in [-0.05, 0) is 48.9 Å². The molecule has 0 unspecified atom stereocenters. The van der Waals surface area contributed by atoms with Crippen LogP contribution in [0, 0.1) is 0 Å². The Bertz CT molecular complexity index is 684. The van der Waals surface area contributed by atoms with E-state index in [1.54, 1.807) is 48.5 Å². The van der Waals surface area contributed by atoms with Gasteiger partial charge < -0.3 is 10.6 Å². The van der Waals surface area contributed by atoms with Gasteiger partial charge in [-0.25, -0.2) is 0 Å². The fourth-order valence-electron chi connectivity index (χ4n) is 2.02. The summed E-state index contributed by atoms with van der Waals surface area (Å²) < 4.78 is 0. The number of halogens is 1. The van der Waals surface area contributed by atoms with Gasteiger partial charge in [0.15, 0.2) is 0 Å². The average Bonchev–Trinajstić information content (AvgIpc) is 2.56. The van der Waals surface area contributed by atoms with Crippen LogP contribution < -0.4 is 10.6 Å². The predicted octanol–water partition coefficient (Wildman–Crippen LogP) is 4.12. The fraction of sp³-hybridized carbons (Fsp3) is 0.222. The first-order valence-electron chi connectivity index (χ1n) is 7.55.